The lowest BCUT2D eigenvalue weighted by molar-refractivity contribution is -0.175. The molecular weight excluding hydrogens is 440 g/mol. The number of thiocarbonyl (C=S) groups is 1. The van der Waals surface area contributed by atoms with Gasteiger partial charge < -0.3 is 24.8 Å². The van der Waals surface area contributed by atoms with E-state index in [0.717, 1.165) is 11.1 Å². The lowest BCUT2D eigenvalue weighted by Gasteiger charge is -2.44. The molecule has 0 radical (unpaired) electrons. The summed E-state index contributed by atoms with van der Waals surface area (Å²) in [5, 5.41) is 16.7. The molecule has 3 unspecified atom stereocenters. The van der Waals surface area contributed by atoms with E-state index in [-0.39, 0.29) is 17.6 Å². The number of ether oxygens (including phenoxy) is 2. The summed E-state index contributed by atoms with van der Waals surface area (Å²) < 4.78 is 10.2. The highest BCUT2D eigenvalue weighted by Crippen LogP contribution is 2.48. The van der Waals surface area contributed by atoms with Crippen LogP contribution in [0.2, 0.25) is 0 Å². The van der Waals surface area contributed by atoms with Crippen molar-refractivity contribution >= 4 is 52.0 Å². The van der Waals surface area contributed by atoms with Crippen molar-refractivity contribution < 1.29 is 29.0 Å². The van der Waals surface area contributed by atoms with Gasteiger partial charge in [0.05, 0.1) is 23.5 Å². The third-order valence-electron chi connectivity index (χ3n) is 5.37. The Morgan fingerprint density at radius 1 is 1.35 bits per heavy atom. The van der Waals surface area contributed by atoms with Crippen LogP contribution in [0.15, 0.2) is 16.5 Å². The van der Waals surface area contributed by atoms with Gasteiger partial charge in [0.15, 0.2) is 0 Å². The fourth-order valence-electron chi connectivity index (χ4n) is 3.76. The maximum absolute atomic E-state index is 13.0. The number of aliphatic hydroxyl groups excluding tert-OH is 1. The van der Waals surface area contributed by atoms with Crippen LogP contribution >= 0.6 is 23.6 Å². The second-order valence-electron chi connectivity index (χ2n) is 8.58. The molecule has 31 heavy (non-hydrogen) atoms. The Balaban J connectivity index is 1.90. The standard InChI is InChI=1S/C21H26N2O6S2/c1-10(24)15-14-6-11(12-7-31-8-13(12)17(30)22-5)16(23(14)18(15)25)19(26)28-9-29-20(27)21(2,3)4/h7-8,10,14-15,24H,6,9H2,1-5H3,(H,22,30). The van der Waals surface area contributed by atoms with Crippen LogP contribution in [-0.2, 0) is 23.9 Å². The summed E-state index contributed by atoms with van der Waals surface area (Å²) in [6, 6.07) is -0.335. The van der Waals surface area contributed by atoms with E-state index in [1.165, 1.54) is 16.2 Å². The predicted molar refractivity (Wildman–Crippen MR) is 119 cm³/mol. The number of nitrogens with zero attached hydrogens (tertiary/aromatic N) is 1. The molecule has 1 saturated heterocycles. The van der Waals surface area contributed by atoms with Crippen molar-refractivity contribution in [1.82, 2.24) is 10.2 Å². The largest absolute Gasteiger partial charge is 0.427 e. The number of hydrogen-bond donors (Lipinski definition) is 2. The second kappa shape index (κ2) is 8.68. The van der Waals surface area contributed by atoms with Crippen LogP contribution < -0.4 is 5.32 Å². The van der Waals surface area contributed by atoms with Gasteiger partial charge in [-0.15, -0.1) is 0 Å². The van der Waals surface area contributed by atoms with Gasteiger partial charge in [-0.3, -0.25) is 9.59 Å². The molecule has 1 aromatic heterocycles. The minimum Gasteiger partial charge on any atom is -0.427 e. The first-order chi connectivity index (χ1) is 14.5. The Kier molecular flexibility index (Phi) is 6.54. The molecule has 2 N–H and O–H groups in total. The van der Waals surface area contributed by atoms with E-state index < -0.39 is 36.2 Å². The molecule has 0 saturated carbocycles. The van der Waals surface area contributed by atoms with Gasteiger partial charge in [-0.05, 0) is 45.1 Å². The van der Waals surface area contributed by atoms with Crippen molar-refractivity contribution in [2.45, 2.75) is 46.3 Å². The van der Waals surface area contributed by atoms with Gasteiger partial charge >= 0.3 is 11.9 Å². The van der Waals surface area contributed by atoms with E-state index >= 15 is 0 Å². The summed E-state index contributed by atoms with van der Waals surface area (Å²) in [5.74, 6) is -2.18. The van der Waals surface area contributed by atoms with Crippen LogP contribution in [0.1, 0.15) is 45.2 Å². The molecule has 1 amide bonds. The fraction of sp³-hybridized carbons (Fsp3) is 0.524. The van der Waals surface area contributed by atoms with Gasteiger partial charge in [0, 0.05) is 23.6 Å². The highest BCUT2D eigenvalue weighted by atomic mass is 32.1. The van der Waals surface area contributed by atoms with Crippen molar-refractivity contribution in [2.75, 3.05) is 13.8 Å². The van der Waals surface area contributed by atoms with Gasteiger partial charge in [0.25, 0.3) is 0 Å². The van der Waals surface area contributed by atoms with Crippen LogP contribution in [0.3, 0.4) is 0 Å². The van der Waals surface area contributed by atoms with Crippen molar-refractivity contribution in [3.63, 3.8) is 0 Å². The smallest absolute Gasteiger partial charge is 0.358 e. The zero-order valence-corrected chi connectivity index (χ0v) is 19.7. The number of carbonyl (C=O) groups excluding carboxylic acids is 3. The quantitative estimate of drug-likeness (QED) is 0.284. The molecule has 168 valence electrons. The molecule has 0 spiro atoms. The Hall–Kier alpha value is -2.30. The fourth-order valence-corrected chi connectivity index (χ4v) is 4.86. The molecule has 8 nitrogen and oxygen atoms in total. The maximum Gasteiger partial charge on any atom is 0.358 e. The molecule has 10 heteroatoms. The van der Waals surface area contributed by atoms with Gasteiger partial charge in [-0.2, -0.15) is 11.3 Å². The summed E-state index contributed by atoms with van der Waals surface area (Å²) in [6.07, 6.45) is -0.442. The average molecular weight is 467 g/mol. The monoisotopic (exact) mass is 466 g/mol. The van der Waals surface area contributed by atoms with Crippen molar-refractivity contribution in [3.8, 4) is 0 Å². The van der Waals surface area contributed by atoms with E-state index in [4.69, 9.17) is 21.7 Å². The van der Waals surface area contributed by atoms with E-state index in [2.05, 4.69) is 5.32 Å². The van der Waals surface area contributed by atoms with E-state index in [9.17, 15) is 19.5 Å². The first kappa shape index (κ1) is 23.4. The lowest BCUT2D eigenvalue weighted by Crippen LogP contribution is -2.61. The minimum absolute atomic E-state index is 0.109. The van der Waals surface area contributed by atoms with Crippen LogP contribution in [0.25, 0.3) is 5.57 Å². The number of thiophene rings is 1. The maximum atomic E-state index is 13.0. The predicted octanol–water partition coefficient (Wildman–Crippen LogP) is 2.06. The minimum atomic E-state index is -0.835. The summed E-state index contributed by atoms with van der Waals surface area (Å²) in [6.45, 7) is 6.09. The molecule has 0 aromatic carbocycles. The van der Waals surface area contributed by atoms with Crippen molar-refractivity contribution in [2.24, 2.45) is 11.3 Å². The SMILES string of the molecule is CNC(=S)c1cscc1C1=C(C(=O)OCOC(=O)C(C)(C)C)N2C(=O)C(C(C)O)C2C1. The topological polar surface area (TPSA) is 105 Å². The van der Waals surface area contributed by atoms with Crippen molar-refractivity contribution in [3.05, 3.63) is 27.6 Å². The summed E-state index contributed by atoms with van der Waals surface area (Å²) in [7, 11) is 1.71. The first-order valence-corrected chi connectivity index (χ1v) is 11.2. The van der Waals surface area contributed by atoms with Crippen LogP contribution in [0, 0.1) is 11.3 Å². The molecule has 1 aromatic rings. The summed E-state index contributed by atoms with van der Waals surface area (Å²) in [4.78, 5) is 39.5. The Labute approximate surface area is 190 Å². The third-order valence-corrected chi connectivity index (χ3v) is 6.54. The molecular formula is C21H26N2O6S2. The van der Waals surface area contributed by atoms with Crippen molar-refractivity contribution in [1.29, 1.82) is 0 Å². The Morgan fingerprint density at radius 3 is 2.61 bits per heavy atom. The number of aliphatic hydroxyl groups is 1. The zero-order valence-electron chi connectivity index (χ0n) is 18.1. The Morgan fingerprint density at radius 2 is 2.03 bits per heavy atom. The highest BCUT2D eigenvalue weighted by molar-refractivity contribution is 7.80. The molecule has 3 heterocycles. The summed E-state index contributed by atoms with van der Waals surface area (Å²) in [5.41, 5.74) is 1.50. The molecule has 3 atom stereocenters. The number of fused-ring (bicyclic) bond motifs is 1. The lowest BCUT2D eigenvalue weighted by atomic mass is 9.82. The first-order valence-electron chi connectivity index (χ1n) is 9.86. The number of amides is 1. The number of rotatable bonds is 6. The van der Waals surface area contributed by atoms with Crippen LogP contribution in [-0.4, -0.2) is 58.8 Å². The number of hydrogen-bond acceptors (Lipinski definition) is 8. The average Bonchev–Trinajstić information content (AvgIpc) is 3.28. The highest BCUT2D eigenvalue weighted by Gasteiger charge is 2.57. The number of nitrogens with one attached hydrogen (secondary N) is 1. The molecule has 3 rings (SSSR count). The molecule has 1 fully saturated rings. The molecule has 2 aliphatic rings. The number of carbonyl (C=O) groups is 3. The van der Waals surface area contributed by atoms with E-state index in [1.807, 2.05) is 10.8 Å². The zero-order chi connectivity index (χ0) is 23.1. The number of esters is 2. The van der Waals surface area contributed by atoms with Gasteiger partial charge in [0.1, 0.15) is 10.7 Å². The molecule has 0 bridgehead atoms. The summed E-state index contributed by atoms with van der Waals surface area (Å²) >= 11 is 6.81. The van der Waals surface area contributed by atoms with Gasteiger partial charge in [0.2, 0.25) is 12.7 Å². The van der Waals surface area contributed by atoms with Gasteiger partial charge in [-0.1, -0.05) is 12.2 Å². The van der Waals surface area contributed by atoms with E-state index in [0.29, 0.717) is 17.0 Å². The third kappa shape index (κ3) is 4.24. The molecule has 2 aliphatic heterocycles. The normalized spacial score (nSPS) is 21.4. The van der Waals surface area contributed by atoms with Gasteiger partial charge in [-0.25, -0.2) is 4.79 Å². The Bertz CT molecular complexity index is 959. The second-order valence-corrected chi connectivity index (χ2v) is 9.73. The van der Waals surface area contributed by atoms with E-state index in [1.54, 1.807) is 34.7 Å². The van der Waals surface area contributed by atoms with Crippen LogP contribution in [0.5, 0.6) is 0 Å². The number of β-lactam (4-membered cyclic amide) rings is 1. The molecule has 0 aliphatic carbocycles. The van der Waals surface area contributed by atoms with Crippen LogP contribution in [0.4, 0.5) is 0 Å².